The molecular formula is C9H13BrN2S. The third-order valence-electron chi connectivity index (χ3n) is 1.67. The SMILES string of the molecule is CCC(N)CSc1ccc(Br)cn1. The molecule has 72 valence electrons. The van der Waals surface area contributed by atoms with Crippen molar-refractivity contribution in [3.05, 3.63) is 22.8 Å². The Hall–Kier alpha value is -0.0600. The molecule has 0 radical (unpaired) electrons. The minimum absolute atomic E-state index is 0.274. The third kappa shape index (κ3) is 4.11. The highest BCUT2D eigenvalue weighted by Crippen LogP contribution is 2.18. The minimum atomic E-state index is 0.274. The molecule has 1 aromatic rings. The molecule has 4 heteroatoms. The van der Waals surface area contributed by atoms with Crippen LogP contribution < -0.4 is 5.73 Å². The van der Waals surface area contributed by atoms with Crippen LogP contribution in [0.1, 0.15) is 13.3 Å². The van der Waals surface area contributed by atoms with Crippen LogP contribution in [0.5, 0.6) is 0 Å². The third-order valence-corrected chi connectivity index (χ3v) is 3.27. The fourth-order valence-corrected chi connectivity index (χ4v) is 1.90. The van der Waals surface area contributed by atoms with E-state index in [0.717, 1.165) is 21.7 Å². The molecule has 1 unspecified atom stereocenters. The molecule has 1 aromatic heterocycles. The van der Waals surface area contributed by atoms with Gasteiger partial charge < -0.3 is 5.73 Å². The van der Waals surface area contributed by atoms with Crippen LogP contribution >= 0.6 is 27.7 Å². The number of hydrogen-bond donors (Lipinski definition) is 1. The highest BCUT2D eigenvalue weighted by atomic mass is 79.9. The Morgan fingerprint density at radius 2 is 2.38 bits per heavy atom. The van der Waals surface area contributed by atoms with Gasteiger partial charge in [0, 0.05) is 22.5 Å². The zero-order valence-electron chi connectivity index (χ0n) is 7.53. The largest absolute Gasteiger partial charge is 0.327 e. The molecule has 13 heavy (non-hydrogen) atoms. The minimum Gasteiger partial charge on any atom is -0.327 e. The molecule has 0 spiro atoms. The van der Waals surface area contributed by atoms with Gasteiger partial charge in [0.15, 0.2) is 0 Å². The summed E-state index contributed by atoms with van der Waals surface area (Å²) in [6.07, 6.45) is 2.82. The average molecular weight is 261 g/mol. The van der Waals surface area contributed by atoms with Crippen molar-refractivity contribution in [3.8, 4) is 0 Å². The van der Waals surface area contributed by atoms with Crippen LogP contribution in [-0.4, -0.2) is 16.8 Å². The Morgan fingerprint density at radius 1 is 1.62 bits per heavy atom. The second-order valence-electron chi connectivity index (χ2n) is 2.79. The van der Waals surface area contributed by atoms with E-state index < -0.39 is 0 Å². The van der Waals surface area contributed by atoms with E-state index in [9.17, 15) is 0 Å². The van der Waals surface area contributed by atoms with Crippen molar-refractivity contribution in [1.82, 2.24) is 4.98 Å². The van der Waals surface area contributed by atoms with Crippen LogP contribution in [0.4, 0.5) is 0 Å². The van der Waals surface area contributed by atoms with Gasteiger partial charge in [-0.15, -0.1) is 11.8 Å². The number of hydrogen-bond acceptors (Lipinski definition) is 3. The number of pyridine rings is 1. The molecule has 1 rings (SSSR count). The lowest BCUT2D eigenvalue weighted by Crippen LogP contribution is -2.21. The number of rotatable bonds is 4. The first-order chi connectivity index (χ1) is 6.22. The summed E-state index contributed by atoms with van der Waals surface area (Å²) in [6.45, 7) is 2.10. The highest BCUT2D eigenvalue weighted by Gasteiger charge is 2.01. The van der Waals surface area contributed by atoms with Gasteiger partial charge in [0.05, 0.1) is 5.03 Å². The van der Waals surface area contributed by atoms with Crippen molar-refractivity contribution in [3.63, 3.8) is 0 Å². The van der Waals surface area contributed by atoms with Crippen LogP contribution in [-0.2, 0) is 0 Å². The maximum absolute atomic E-state index is 5.79. The maximum Gasteiger partial charge on any atom is 0.0961 e. The predicted octanol–water partition coefficient (Wildman–Crippen LogP) is 2.67. The van der Waals surface area contributed by atoms with E-state index in [0.29, 0.717) is 0 Å². The molecule has 0 aliphatic carbocycles. The molecule has 1 heterocycles. The van der Waals surface area contributed by atoms with Gasteiger partial charge in [-0.05, 0) is 34.5 Å². The summed E-state index contributed by atoms with van der Waals surface area (Å²) >= 11 is 5.05. The smallest absolute Gasteiger partial charge is 0.0961 e. The van der Waals surface area contributed by atoms with Crippen molar-refractivity contribution in [1.29, 1.82) is 0 Å². The summed E-state index contributed by atoms with van der Waals surface area (Å²) in [5.74, 6) is 0.936. The summed E-state index contributed by atoms with van der Waals surface area (Å²) in [7, 11) is 0. The van der Waals surface area contributed by atoms with Crippen molar-refractivity contribution in [2.45, 2.75) is 24.4 Å². The first-order valence-corrected chi connectivity index (χ1v) is 6.00. The fraction of sp³-hybridized carbons (Fsp3) is 0.444. The van der Waals surface area contributed by atoms with Crippen molar-refractivity contribution < 1.29 is 0 Å². The van der Waals surface area contributed by atoms with E-state index in [4.69, 9.17) is 5.73 Å². The Morgan fingerprint density at radius 3 is 2.92 bits per heavy atom. The molecule has 0 bridgehead atoms. The van der Waals surface area contributed by atoms with Crippen LogP contribution in [0, 0.1) is 0 Å². The monoisotopic (exact) mass is 260 g/mol. The fourth-order valence-electron chi connectivity index (χ4n) is 0.758. The Labute approximate surface area is 91.4 Å². The molecule has 0 aliphatic heterocycles. The lowest BCUT2D eigenvalue weighted by Gasteiger charge is -2.06. The van der Waals surface area contributed by atoms with Gasteiger partial charge in [-0.2, -0.15) is 0 Å². The summed E-state index contributed by atoms with van der Waals surface area (Å²) in [4.78, 5) is 4.25. The Kier molecular flexibility index (Phi) is 4.77. The summed E-state index contributed by atoms with van der Waals surface area (Å²) in [5, 5.41) is 1.03. The zero-order valence-corrected chi connectivity index (χ0v) is 9.94. The van der Waals surface area contributed by atoms with Crippen LogP contribution in [0.25, 0.3) is 0 Å². The molecule has 0 fully saturated rings. The summed E-state index contributed by atoms with van der Waals surface area (Å²) in [5.41, 5.74) is 5.79. The molecule has 2 N–H and O–H groups in total. The topological polar surface area (TPSA) is 38.9 Å². The van der Waals surface area contributed by atoms with Crippen molar-refractivity contribution in [2.75, 3.05) is 5.75 Å². The van der Waals surface area contributed by atoms with E-state index in [2.05, 4.69) is 27.8 Å². The number of nitrogens with two attached hydrogens (primary N) is 1. The molecular weight excluding hydrogens is 248 g/mol. The van der Waals surface area contributed by atoms with Crippen LogP contribution in [0.3, 0.4) is 0 Å². The van der Waals surface area contributed by atoms with E-state index in [1.54, 1.807) is 18.0 Å². The number of aromatic nitrogens is 1. The highest BCUT2D eigenvalue weighted by molar-refractivity contribution is 9.10. The average Bonchev–Trinajstić information content (AvgIpc) is 2.16. The second kappa shape index (κ2) is 5.62. The van der Waals surface area contributed by atoms with Crippen LogP contribution in [0.2, 0.25) is 0 Å². The van der Waals surface area contributed by atoms with Gasteiger partial charge in [0.25, 0.3) is 0 Å². The second-order valence-corrected chi connectivity index (χ2v) is 4.75. The Bertz CT molecular complexity index is 250. The number of halogens is 1. The zero-order chi connectivity index (χ0) is 9.68. The van der Waals surface area contributed by atoms with E-state index in [-0.39, 0.29) is 6.04 Å². The molecule has 0 saturated carbocycles. The molecule has 1 atom stereocenters. The molecule has 0 aromatic carbocycles. The van der Waals surface area contributed by atoms with Gasteiger partial charge in [-0.1, -0.05) is 6.92 Å². The molecule has 0 aliphatic rings. The summed E-state index contributed by atoms with van der Waals surface area (Å²) in [6, 6.07) is 4.26. The van der Waals surface area contributed by atoms with E-state index in [1.807, 2.05) is 12.1 Å². The van der Waals surface area contributed by atoms with Gasteiger partial charge in [-0.3, -0.25) is 0 Å². The lowest BCUT2D eigenvalue weighted by atomic mass is 10.3. The normalized spacial score (nSPS) is 12.8. The lowest BCUT2D eigenvalue weighted by molar-refractivity contribution is 0.724. The van der Waals surface area contributed by atoms with Gasteiger partial charge in [-0.25, -0.2) is 4.98 Å². The van der Waals surface area contributed by atoms with Crippen LogP contribution in [0.15, 0.2) is 27.8 Å². The first kappa shape index (κ1) is 11.0. The first-order valence-electron chi connectivity index (χ1n) is 4.22. The Balaban J connectivity index is 2.41. The number of thioether (sulfide) groups is 1. The predicted molar refractivity (Wildman–Crippen MR) is 60.9 cm³/mol. The van der Waals surface area contributed by atoms with E-state index >= 15 is 0 Å². The molecule has 2 nitrogen and oxygen atoms in total. The standard InChI is InChI=1S/C9H13BrN2S/c1-2-8(11)6-13-9-4-3-7(10)5-12-9/h3-5,8H,2,6,11H2,1H3. The van der Waals surface area contributed by atoms with Gasteiger partial charge in [0.2, 0.25) is 0 Å². The van der Waals surface area contributed by atoms with Gasteiger partial charge in [0.1, 0.15) is 0 Å². The molecule has 0 amide bonds. The van der Waals surface area contributed by atoms with E-state index in [1.165, 1.54) is 0 Å². The number of nitrogens with zero attached hydrogens (tertiary/aromatic N) is 1. The van der Waals surface area contributed by atoms with Crippen molar-refractivity contribution >= 4 is 27.7 Å². The summed E-state index contributed by atoms with van der Waals surface area (Å²) < 4.78 is 1.01. The quantitative estimate of drug-likeness (QED) is 0.847. The van der Waals surface area contributed by atoms with Gasteiger partial charge >= 0.3 is 0 Å². The van der Waals surface area contributed by atoms with Crippen molar-refractivity contribution in [2.24, 2.45) is 5.73 Å². The maximum atomic E-state index is 5.79. The molecule has 0 saturated heterocycles.